The SMILES string of the molecule is CCCCCCCCCCCCCCCCCCCCCCCCC(=O)O[C@H](COC(=O)CCCCCCCCCCCCC(C)CC)COP(=O)(O)OC[C@@H](O)COP(=O)(O)OC[C@@H](COC(=O)CCCCCCCCC(C)C)OC(=O)CCCCCCCCCCCCCCC. The Morgan fingerprint density at radius 2 is 0.520 bits per heavy atom. The highest BCUT2D eigenvalue weighted by atomic mass is 31.2. The Hall–Kier alpha value is -1.94. The standard InChI is InChI=1S/C79H154O17P2/c1-7-10-12-14-16-18-20-22-23-24-25-26-27-28-29-30-32-34-40-44-52-58-64-78(83)95-74(67-89-76(81)61-55-49-42-38-36-35-37-41-48-54-60-72(6)9-3)69-93-97(85,86)91-65-73(80)66-92-98(87,88)94-70-75(68-90-77(82)62-56-50-46-45-47-53-59-71(4)5)96-79(84)63-57-51-43-39-33-31-21-19-17-15-13-11-8-2/h71-75,80H,7-70H2,1-6H3,(H,85,86)(H,87,88)/t72?,73-,74-,75-/m1/s1. The summed E-state index contributed by atoms with van der Waals surface area (Å²) in [6.45, 7) is 9.56. The van der Waals surface area contributed by atoms with Gasteiger partial charge >= 0.3 is 39.5 Å². The van der Waals surface area contributed by atoms with Gasteiger partial charge in [0.05, 0.1) is 26.4 Å². The smallest absolute Gasteiger partial charge is 0.462 e. The Bertz CT molecular complexity index is 1890. The fourth-order valence-electron chi connectivity index (χ4n) is 12.2. The van der Waals surface area contributed by atoms with Gasteiger partial charge in [-0.3, -0.25) is 37.3 Å². The lowest BCUT2D eigenvalue weighted by Crippen LogP contribution is -2.30. The van der Waals surface area contributed by atoms with Crippen molar-refractivity contribution in [1.29, 1.82) is 0 Å². The third kappa shape index (κ3) is 71.1. The van der Waals surface area contributed by atoms with Crippen LogP contribution < -0.4 is 0 Å². The second-order valence-electron chi connectivity index (χ2n) is 29.2. The molecule has 19 heteroatoms. The largest absolute Gasteiger partial charge is 0.472 e. The van der Waals surface area contributed by atoms with Crippen molar-refractivity contribution in [2.75, 3.05) is 39.6 Å². The van der Waals surface area contributed by atoms with E-state index in [1.165, 1.54) is 225 Å². The Morgan fingerprint density at radius 1 is 0.296 bits per heavy atom. The molecule has 0 aliphatic rings. The van der Waals surface area contributed by atoms with E-state index in [2.05, 4.69) is 41.5 Å². The molecule has 0 aliphatic carbocycles. The molecule has 0 spiro atoms. The summed E-state index contributed by atoms with van der Waals surface area (Å²) in [5, 5.41) is 10.6. The molecular weight excluding hydrogens is 1280 g/mol. The van der Waals surface area contributed by atoms with Gasteiger partial charge < -0.3 is 33.8 Å². The highest BCUT2D eigenvalue weighted by molar-refractivity contribution is 7.47. The van der Waals surface area contributed by atoms with Gasteiger partial charge in [0.1, 0.15) is 19.3 Å². The summed E-state index contributed by atoms with van der Waals surface area (Å²) in [4.78, 5) is 72.9. The topological polar surface area (TPSA) is 237 Å². The zero-order valence-electron chi connectivity index (χ0n) is 64.1. The Kier molecular flexibility index (Phi) is 69.3. The fourth-order valence-corrected chi connectivity index (χ4v) is 13.7. The van der Waals surface area contributed by atoms with Gasteiger partial charge in [-0.2, -0.15) is 0 Å². The molecule has 0 aromatic heterocycles. The summed E-state index contributed by atoms with van der Waals surface area (Å²) in [6.07, 6.45) is 59.9. The monoisotopic (exact) mass is 1440 g/mol. The molecule has 0 aromatic rings. The van der Waals surface area contributed by atoms with Crippen molar-refractivity contribution in [3.63, 3.8) is 0 Å². The first-order chi connectivity index (χ1) is 47.4. The number of carbonyl (C=O) groups excluding carboxylic acids is 4. The molecule has 0 saturated carbocycles. The lowest BCUT2D eigenvalue weighted by Gasteiger charge is -2.21. The molecule has 0 radical (unpaired) electrons. The first-order valence-corrected chi connectivity index (χ1v) is 44.0. The van der Waals surface area contributed by atoms with Crippen LogP contribution in [0.25, 0.3) is 0 Å². The van der Waals surface area contributed by atoms with Crippen LogP contribution in [0.3, 0.4) is 0 Å². The molecule has 0 heterocycles. The van der Waals surface area contributed by atoms with Crippen molar-refractivity contribution in [2.24, 2.45) is 11.8 Å². The number of ether oxygens (including phenoxy) is 4. The molecule has 0 rings (SSSR count). The van der Waals surface area contributed by atoms with E-state index >= 15 is 0 Å². The summed E-state index contributed by atoms with van der Waals surface area (Å²) >= 11 is 0. The highest BCUT2D eigenvalue weighted by Gasteiger charge is 2.30. The summed E-state index contributed by atoms with van der Waals surface area (Å²) in [6, 6.07) is 0. The number of aliphatic hydroxyl groups is 1. The van der Waals surface area contributed by atoms with Crippen LogP contribution in [0.4, 0.5) is 0 Å². The predicted octanol–water partition coefficient (Wildman–Crippen LogP) is 23.5. The first kappa shape index (κ1) is 96.1. The van der Waals surface area contributed by atoms with E-state index < -0.39 is 97.5 Å². The molecule has 98 heavy (non-hydrogen) atoms. The summed E-state index contributed by atoms with van der Waals surface area (Å²) in [5.41, 5.74) is 0. The summed E-state index contributed by atoms with van der Waals surface area (Å²) in [5.74, 6) is -0.626. The van der Waals surface area contributed by atoms with Gasteiger partial charge in [-0.1, -0.05) is 363 Å². The van der Waals surface area contributed by atoms with Crippen LogP contribution in [0.1, 0.15) is 414 Å². The number of aliphatic hydroxyl groups excluding tert-OH is 1. The number of unbranched alkanes of at least 4 members (excludes halogenated alkanes) is 47. The van der Waals surface area contributed by atoms with Crippen molar-refractivity contribution in [3.05, 3.63) is 0 Å². The van der Waals surface area contributed by atoms with Gasteiger partial charge in [0.25, 0.3) is 0 Å². The number of hydrogen-bond acceptors (Lipinski definition) is 15. The molecule has 0 aromatic carbocycles. The third-order valence-corrected chi connectivity index (χ3v) is 20.7. The van der Waals surface area contributed by atoms with E-state index in [4.69, 9.17) is 37.0 Å². The number of esters is 4. The van der Waals surface area contributed by atoms with Crippen LogP contribution in [0.15, 0.2) is 0 Å². The van der Waals surface area contributed by atoms with Crippen LogP contribution >= 0.6 is 15.6 Å². The van der Waals surface area contributed by atoms with Crippen molar-refractivity contribution >= 4 is 39.5 Å². The summed E-state index contributed by atoms with van der Waals surface area (Å²) < 4.78 is 68.6. The molecular formula is C79H154O17P2. The van der Waals surface area contributed by atoms with Gasteiger partial charge in [-0.15, -0.1) is 0 Å². The number of carbonyl (C=O) groups is 4. The first-order valence-electron chi connectivity index (χ1n) is 41.0. The van der Waals surface area contributed by atoms with Crippen molar-refractivity contribution in [3.8, 4) is 0 Å². The van der Waals surface area contributed by atoms with Crippen LogP contribution in [0.2, 0.25) is 0 Å². The van der Waals surface area contributed by atoms with Crippen molar-refractivity contribution in [2.45, 2.75) is 432 Å². The molecule has 3 N–H and O–H groups in total. The molecule has 0 aliphatic heterocycles. The summed E-state index contributed by atoms with van der Waals surface area (Å²) in [7, 11) is -9.91. The number of rotatable bonds is 78. The molecule has 0 amide bonds. The van der Waals surface area contributed by atoms with Crippen LogP contribution in [-0.4, -0.2) is 96.7 Å². The fraction of sp³-hybridized carbons (Fsp3) is 0.949. The van der Waals surface area contributed by atoms with E-state index in [0.29, 0.717) is 31.6 Å². The lowest BCUT2D eigenvalue weighted by atomic mass is 9.99. The van der Waals surface area contributed by atoms with Crippen molar-refractivity contribution in [1.82, 2.24) is 0 Å². The van der Waals surface area contributed by atoms with Crippen LogP contribution in [0.5, 0.6) is 0 Å². The Balaban J connectivity index is 5.19. The van der Waals surface area contributed by atoms with E-state index in [-0.39, 0.29) is 25.7 Å². The Morgan fingerprint density at radius 3 is 0.776 bits per heavy atom. The van der Waals surface area contributed by atoms with Gasteiger partial charge in [0.2, 0.25) is 0 Å². The lowest BCUT2D eigenvalue weighted by molar-refractivity contribution is -0.161. The maximum Gasteiger partial charge on any atom is 0.472 e. The van der Waals surface area contributed by atoms with Gasteiger partial charge in [0, 0.05) is 25.7 Å². The molecule has 0 saturated heterocycles. The molecule has 3 unspecified atom stereocenters. The second kappa shape index (κ2) is 70.7. The molecule has 17 nitrogen and oxygen atoms in total. The maximum absolute atomic E-state index is 13.1. The van der Waals surface area contributed by atoms with E-state index in [1.807, 2.05) is 0 Å². The molecule has 6 atom stereocenters. The minimum absolute atomic E-state index is 0.107. The normalized spacial score (nSPS) is 14.2. The highest BCUT2D eigenvalue weighted by Crippen LogP contribution is 2.45. The predicted molar refractivity (Wildman–Crippen MR) is 400 cm³/mol. The minimum Gasteiger partial charge on any atom is -0.462 e. The average Bonchev–Trinajstić information content (AvgIpc) is 1.58. The average molecular weight is 1440 g/mol. The van der Waals surface area contributed by atoms with Crippen molar-refractivity contribution < 1.29 is 80.2 Å². The van der Waals surface area contributed by atoms with Gasteiger partial charge in [-0.25, -0.2) is 9.13 Å². The number of phosphoric acid groups is 2. The zero-order valence-corrected chi connectivity index (χ0v) is 65.9. The molecule has 0 bridgehead atoms. The third-order valence-electron chi connectivity index (χ3n) is 18.8. The van der Waals surface area contributed by atoms with Gasteiger partial charge in [-0.05, 0) is 37.5 Å². The maximum atomic E-state index is 13.1. The minimum atomic E-state index is -4.96. The number of phosphoric ester groups is 2. The molecule has 582 valence electrons. The second-order valence-corrected chi connectivity index (χ2v) is 32.1. The van der Waals surface area contributed by atoms with Crippen LogP contribution in [0, 0.1) is 11.8 Å². The van der Waals surface area contributed by atoms with Crippen LogP contribution in [-0.2, 0) is 65.4 Å². The quantitative estimate of drug-likeness (QED) is 0.0222. The Labute approximate surface area is 600 Å². The van der Waals surface area contributed by atoms with E-state index in [9.17, 15) is 43.2 Å². The molecule has 0 fully saturated rings. The van der Waals surface area contributed by atoms with E-state index in [0.717, 1.165) is 102 Å². The zero-order chi connectivity index (χ0) is 72.1. The number of hydrogen-bond donors (Lipinski definition) is 3. The van der Waals surface area contributed by atoms with E-state index in [1.54, 1.807) is 0 Å². The van der Waals surface area contributed by atoms with Gasteiger partial charge in [0.15, 0.2) is 12.2 Å².